The number of para-hydroxylation sites is 1. The number of hydrogen-bond donors (Lipinski definition) is 2. The normalized spacial score (nSPS) is 10.4. The molecule has 2 aromatic rings. The Morgan fingerprint density at radius 3 is 2.36 bits per heavy atom. The molecule has 2 rings (SSSR count). The van der Waals surface area contributed by atoms with Crippen LogP contribution >= 0.6 is 0 Å². The van der Waals surface area contributed by atoms with E-state index in [0.29, 0.717) is 5.75 Å². The molecule has 25 heavy (non-hydrogen) atoms. The molecule has 0 aliphatic rings. The Kier molecular flexibility index (Phi) is 5.75. The van der Waals surface area contributed by atoms with Gasteiger partial charge in [-0.15, -0.1) is 0 Å². The van der Waals surface area contributed by atoms with Crippen molar-refractivity contribution in [2.75, 3.05) is 6.61 Å². The molecule has 0 aliphatic carbocycles. The van der Waals surface area contributed by atoms with Gasteiger partial charge in [-0.3, -0.25) is 20.4 Å². The van der Waals surface area contributed by atoms with Crippen molar-refractivity contribution in [2.24, 2.45) is 5.41 Å². The molecule has 0 heterocycles. The lowest BCUT2D eigenvalue weighted by atomic mass is 9.95. The van der Waals surface area contributed by atoms with Crippen LogP contribution in [0, 0.1) is 16.7 Å². The van der Waals surface area contributed by atoms with E-state index in [2.05, 4.69) is 10.9 Å². The third-order valence-corrected chi connectivity index (χ3v) is 3.49. The summed E-state index contributed by atoms with van der Waals surface area (Å²) < 4.78 is 5.57. The zero-order valence-corrected chi connectivity index (χ0v) is 14.1. The Balaban J connectivity index is 1.95. The fourth-order valence-electron chi connectivity index (χ4n) is 1.96. The highest BCUT2D eigenvalue weighted by Crippen LogP contribution is 2.29. The van der Waals surface area contributed by atoms with Gasteiger partial charge < -0.3 is 4.74 Å². The highest BCUT2D eigenvalue weighted by molar-refractivity contribution is 5.87. The summed E-state index contributed by atoms with van der Waals surface area (Å²) >= 11 is 0. The molecule has 128 valence electrons. The predicted molar refractivity (Wildman–Crippen MR) is 93.1 cm³/mol. The van der Waals surface area contributed by atoms with E-state index in [1.165, 1.54) is 13.8 Å². The van der Waals surface area contributed by atoms with Crippen LogP contribution in [0.3, 0.4) is 0 Å². The van der Waals surface area contributed by atoms with Crippen molar-refractivity contribution in [1.29, 1.82) is 5.26 Å². The van der Waals surface area contributed by atoms with Crippen LogP contribution in [-0.2, 0) is 9.59 Å². The molecule has 2 amide bonds. The van der Waals surface area contributed by atoms with Crippen LogP contribution in [-0.4, -0.2) is 18.4 Å². The molecule has 2 N–H and O–H groups in total. The Hall–Kier alpha value is -3.33. The molecule has 0 bridgehead atoms. The van der Waals surface area contributed by atoms with E-state index in [4.69, 9.17) is 10.00 Å². The first kappa shape index (κ1) is 18.0. The quantitative estimate of drug-likeness (QED) is 0.820. The molecular weight excluding hydrogens is 318 g/mol. The summed E-state index contributed by atoms with van der Waals surface area (Å²) in [6.45, 7) is 2.65. The first-order valence-electron chi connectivity index (χ1n) is 7.72. The molecular formula is C19H19N3O3. The summed E-state index contributed by atoms with van der Waals surface area (Å²) in [7, 11) is 0. The van der Waals surface area contributed by atoms with Crippen LogP contribution in [0.1, 0.15) is 13.8 Å². The zero-order valence-electron chi connectivity index (χ0n) is 14.1. The Morgan fingerprint density at radius 1 is 1.04 bits per heavy atom. The topological polar surface area (TPSA) is 91.2 Å². The number of nitrogens with one attached hydrogen (secondary N) is 2. The first-order valence-corrected chi connectivity index (χ1v) is 7.72. The molecule has 0 saturated carbocycles. The molecule has 0 fully saturated rings. The molecule has 0 aliphatic heterocycles. The second kappa shape index (κ2) is 7.97. The van der Waals surface area contributed by atoms with Crippen LogP contribution in [0.25, 0.3) is 11.1 Å². The number of ether oxygens (including phenoxy) is 1. The SMILES string of the molecule is CC(C)(C#N)C(=O)NNC(=O)COc1ccccc1-c1ccccc1. The summed E-state index contributed by atoms with van der Waals surface area (Å²) in [6, 6.07) is 18.9. The highest BCUT2D eigenvalue weighted by atomic mass is 16.5. The number of rotatable bonds is 5. The van der Waals surface area contributed by atoms with Gasteiger partial charge in [-0.05, 0) is 25.5 Å². The van der Waals surface area contributed by atoms with Gasteiger partial charge in [0.2, 0.25) is 0 Å². The third kappa shape index (κ3) is 4.82. The van der Waals surface area contributed by atoms with Crippen molar-refractivity contribution < 1.29 is 14.3 Å². The van der Waals surface area contributed by atoms with Crippen LogP contribution in [0.5, 0.6) is 5.75 Å². The maximum absolute atomic E-state index is 11.9. The van der Waals surface area contributed by atoms with Crippen molar-refractivity contribution in [2.45, 2.75) is 13.8 Å². The van der Waals surface area contributed by atoms with E-state index in [9.17, 15) is 9.59 Å². The standard InChI is InChI=1S/C19H19N3O3/c1-19(2,13-20)18(24)22-21-17(23)12-25-16-11-7-6-10-15(16)14-8-4-3-5-9-14/h3-11H,12H2,1-2H3,(H,21,23)(H,22,24). The fraction of sp³-hybridized carbons (Fsp3) is 0.211. The van der Waals surface area contributed by atoms with Gasteiger partial charge in [0.15, 0.2) is 6.61 Å². The number of amides is 2. The fourth-order valence-corrected chi connectivity index (χ4v) is 1.96. The molecule has 0 atom stereocenters. The van der Waals surface area contributed by atoms with Gasteiger partial charge in [-0.1, -0.05) is 48.5 Å². The van der Waals surface area contributed by atoms with Gasteiger partial charge in [0.25, 0.3) is 11.8 Å². The lowest BCUT2D eigenvalue weighted by Crippen LogP contribution is -2.48. The van der Waals surface area contributed by atoms with Gasteiger partial charge in [0.05, 0.1) is 6.07 Å². The van der Waals surface area contributed by atoms with Crippen molar-refractivity contribution in [3.05, 3.63) is 54.6 Å². The molecule has 6 nitrogen and oxygen atoms in total. The van der Waals surface area contributed by atoms with E-state index in [1.54, 1.807) is 6.07 Å². The molecule has 0 radical (unpaired) electrons. The van der Waals surface area contributed by atoms with Crippen LogP contribution in [0.15, 0.2) is 54.6 Å². The predicted octanol–water partition coefficient (Wildman–Crippen LogP) is 2.43. The minimum atomic E-state index is -1.23. The number of nitriles is 1. The number of benzene rings is 2. The lowest BCUT2D eigenvalue weighted by molar-refractivity contribution is -0.133. The Labute approximate surface area is 146 Å². The Morgan fingerprint density at radius 2 is 1.68 bits per heavy atom. The number of carbonyl (C=O) groups is 2. The molecule has 6 heteroatoms. The second-order valence-corrected chi connectivity index (χ2v) is 5.89. The van der Waals surface area contributed by atoms with Crippen LogP contribution < -0.4 is 15.6 Å². The van der Waals surface area contributed by atoms with Crippen molar-refractivity contribution in [1.82, 2.24) is 10.9 Å². The van der Waals surface area contributed by atoms with E-state index in [1.807, 2.05) is 54.6 Å². The average Bonchev–Trinajstić information content (AvgIpc) is 2.65. The van der Waals surface area contributed by atoms with Gasteiger partial charge in [-0.25, -0.2) is 0 Å². The highest BCUT2D eigenvalue weighted by Gasteiger charge is 2.27. The van der Waals surface area contributed by atoms with Crippen LogP contribution in [0.2, 0.25) is 0 Å². The summed E-state index contributed by atoms with van der Waals surface area (Å²) in [6.07, 6.45) is 0. The third-order valence-electron chi connectivity index (χ3n) is 3.49. The Bertz CT molecular complexity index is 795. The van der Waals surface area contributed by atoms with Gasteiger partial charge in [-0.2, -0.15) is 5.26 Å². The van der Waals surface area contributed by atoms with Crippen molar-refractivity contribution in [3.63, 3.8) is 0 Å². The van der Waals surface area contributed by atoms with Gasteiger partial charge in [0.1, 0.15) is 11.2 Å². The minimum absolute atomic E-state index is 0.267. The van der Waals surface area contributed by atoms with E-state index in [-0.39, 0.29) is 6.61 Å². The summed E-state index contributed by atoms with van der Waals surface area (Å²) in [4.78, 5) is 23.6. The van der Waals surface area contributed by atoms with Crippen molar-refractivity contribution >= 4 is 11.8 Å². The number of carbonyl (C=O) groups excluding carboxylic acids is 2. The lowest BCUT2D eigenvalue weighted by Gasteiger charge is -2.16. The molecule has 0 saturated heterocycles. The molecule has 0 spiro atoms. The summed E-state index contributed by atoms with van der Waals surface area (Å²) in [5, 5.41) is 8.87. The van der Waals surface area contributed by atoms with E-state index < -0.39 is 17.2 Å². The van der Waals surface area contributed by atoms with Gasteiger partial charge in [0, 0.05) is 5.56 Å². The smallest absolute Gasteiger partial charge is 0.276 e. The molecule has 0 unspecified atom stereocenters. The second-order valence-electron chi connectivity index (χ2n) is 5.89. The average molecular weight is 337 g/mol. The largest absolute Gasteiger partial charge is 0.483 e. The maximum atomic E-state index is 11.9. The van der Waals surface area contributed by atoms with E-state index >= 15 is 0 Å². The maximum Gasteiger partial charge on any atom is 0.276 e. The molecule has 2 aromatic carbocycles. The molecule has 0 aromatic heterocycles. The number of hydrazine groups is 1. The van der Waals surface area contributed by atoms with E-state index in [0.717, 1.165) is 11.1 Å². The van der Waals surface area contributed by atoms with Crippen molar-refractivity contribution in [3.8, 4) is 22.9 Å². The van der Waals surface area contributed by atoms with Gasteiger partial charge >= 0.3 is 0 Å². The summed E-state index contributed by atoms with van der Waals surface area (Å²) in [5.74, 6) is -0.550. The first-order chi connectivity index (χ1) is 11.9. The minimum Gasteiger partial charge on any atom is -0.483 e. The monoisotopic (exact) mass is 337 g/mol. The zero-order chi connectivity index (χ0) is 18.3. The number of nitrogens with zero attached hydrogens (tertiary/aromatic N) is 1. The van der Waals surface area contributed by atoms with Crippen LogP contribution in [0.4, 0.5) is 0 Å². The summed E-state index contributed by atoms with van der Waals surface area (Å²) in [5.41, 5.74) is 5.07. The number of hydrogen-bond acceptors (Lipinski definition) is 4.